The molecule has 0 saturated carbocycles. The van der Waals surface area contributed by atoms with Crippen LogP contribution in [0.5, 0.6) is 5.75 Å². The van der Waals surface area contributed by atoms with Crippen LogP contribution in [-0.2, 0) is 4.74 Å². The fraction of sp³-hybridized carbons (Fsp3) is 0.571. The molecule has 102 valence electrons. The lowest BCUT2D eigenvalue weighted by Gasteiger charge is -2.21. The van der Waals surface area contributed by atoms with Crippen LogP contribution in [0.15, 0.2) is 12.1 Å². The maximum absolute atomic E-state index is 5.64. The van der Waals surface area contributed by atoms with Crippen LogP contribution in [0.25, 0.3) is 0 Å². The molecule has 0 spiro atoms. The summed E-state index contributed by atoms with van der Waals surface area (Å²) in [5.74, 6) is 6.55. The fourth-order valence-electron chi connectivity index (χ4n) is 2.03. The summed E-state index contributed by atoms with van der Waals surface area (Å²) in [6.45, 7) is 7.53. The predicted octanol–water partition coefficient (Wildman–Crippen LogP) is 2.24. The molecule has 0 aliphatic rings. The Labute approximate surface area is 109 Å². The van der Waals surface area contributed by atoms with Gasteiger partial charge in [0.05, 0.1) is 13.2 Å². The van der Waals surface area contributed by atoms with Crippen molar-refractivity contribution in [3.63, 3.8) is 0 Å². The van der Waals surface area contributed by atoms with E-state index in [0.717, 1.165) is 29.9 Å². The zero-order valence-electron chi connectivity index (χ0n) is 11.7. The first kappa shape index (κ1) is 15.0. The Morgan fingerprint density at radius 3 is 2.61 bits per heavy atom. The van der Waals surface area contributed by atoms with E-state index in [0.29, 0.717) is 6.61 Å². The lowest BCUT2D eigenvalue weighted by Crippen LogP contribution is -2.29. The molecule has 0 aliphatic carbocycles. The Morgan fingerprint density at radius 1 is 1.33 bits per heavy atom. The van der Waals surface area contributed by atoms with Crippen molar-refractivity contribution >= 4 is 0 Å². The highest BCUT2D eigenvalue weighted by Gasteiger charge is 2.17. The number of ether oxygens (including phenoxy) is 2. The molecule has 1 unspecified atom stereocenters. The topological polar surface area (TPSA) is 56.5 Å². The van der Waals surface area contributed by atoms with E-state index in [1.165, 1.54) is 5.56 Å². The van der Waals surface area contributed by atoms with E-state index < -0.39 is 0 Å². The van der Waals surface area contributed by atoms with Gasteiger partial charge >= 0.3 is 0 Å². The molecule has 4 heteroatoms. The quantitative estimate of drug-likeness (QED) is 0.444. The minimum atomic E-state index is 0.0470. The van der Waals surface area contributed by atoms with Crippen LogP contribution in [-0.4, -0.2) is 20.3 Å². The number of hydrogen-bond donors (Lipinski definition) is 2. The molecule has 0 fully saturated rings. The normalized spacial score (nSPS) is 12.5. The number of nitrogens with one attached hydrogen (secondary N) is 1. The average molecular weight is 252 g/mol. The summed E-state index contributed by atoms with van der Waals surface area (Å²) in [4.78, 5) is 0. The smallest absolute Gasteiger partial charge is 0.126 e. The number of methoxy groups -OCH3 is 1. The lowest BCUT2D eigenvalue weighted by molar-refractivity contribution is 0.136. The molecule has 0 bridgehead atoms. The molecule has 1 aromatic rings. The van der Waals surface area contributed by atoms with Gasteiger partial charge in [0.15, 0.2) is 0 Å². The summed E-state index contributed by atoms with van der Waals surface area (Å²) in [6, 6.07) is 4.21. The van der Waals surface area contributed by atoms with Crippen LogP contribution >= 0.6 is 0 Å². The Bertz CT molecular complexity index is 380. The third kappa shape index (κ3) is 3.45. The molecule has 3 N–H and O–H groups in total. The van der Waals surface area contributed by atoms with Crippen molar-refractivity contribution in [1.29, 1.82) is 0 Å². The monoisotopic (exact) mass is 252 g/mol. The van der Waals surface area contributed by atoms with Crippen molar-refractivity contribution in [2.24, 2.45) is 5.84 Å². The highest BCUT2D eigenvalue weighted by molar-refractivity contribution is 5.46. The average Bonchev–Trinajstić information content (AvgIpc) is 2.38. The molecule has 1 rings (SSSR count). The Balaban J connectivity index is 2.94. The minimum Gasteiger partial charge on any atom is -0.496 e. The number of hydrogen-bond acceptors (Lipinski definition) is 4. The van der Waals surface area contributed by atoms with E-state index in [4.69, 9.17) is 15.3 Å². The van der Waals surface area contributed by atoms with Gasteiger partial charge in [-0.3, -0.25) is 11.3 Å². The zero-order valence-corrected chi connectivity index (χ0v) is 11.7. The molecule has 1 atom stereocenters. The number of nitrogens with two attached hydrogens (primary N) is 1. The van der Waals surface area contributed by atoms with Crippen molar-refractivity contribution < 1.29 is 9.47 Å². The second-order valence-electron chi connectivity index (χ2n) is 4.33. The Kier molecular flexibility index (Phi) is 6.12. The third-order valence-electron chi connectivity index (χ3n) is 3.24. The molecular weight excluding hydrogens is 228 g/mol. The number of hydrazine groups is 1. The summed E-state index contributed by atoms with van der Waals surface area (Å²) in [6.07, 6.45) is 0.823. The lowest BCUT2D eigenvalue weighted by atomic mass is 9.98. The van der Waals surface area contributed by atoms with Crippen molar-refractivity contribution in [3.05, 3.63) is 28.8 Å². The van der Waals surface area contributed by atoms with E-state index in [2.05, 4.69) is 31.4 Å². The van der Waals surface area contributed by atoms with Crippen LogP contribution < -0.4 is 16.0 Å². The highest BCUT2D eigenvalue weighted by Crippen LogP contribution is 2.31. The fourth-order valence-corrected chi connectivity index (χ4v) is 2.03. The van der Waals surface area contributed by atoms with E-state index in [1.54, 1.807) is 7.11 Å². The van der Waals surface area contributed by atoms with Crippen LogP contribution in [0, 0.1) is 13.8 Å². The van der Waals surface area contributed by atoms with Crippen LogP contribution in [0.3, 0.4) is 0 Å². The Hall–Kier alpha value is -1.10. The van der Waals surface area contributed by atoms with Gasteiger partial charge in [-0.15, -0.1) is 0 Å². The second kappa shape index (κ2) is 7.36. The first-order valence-electron chi connectivity index (χ1n) is 6.33. The molecule has 4 nitrogen and oxygen atoms in total. The van der Waals surface area contributed by atoms with Crippen molar-refractivity contribution in [2.45, 2.75) is 33.2 Å². The zero-order chi connectivity index (χ0) is 13.5. The summed E-state index contributed by atoms with van der Waals surface area (Å²) < 4.78 is 10.9. The van der Waals surface area contributed by atoms with E-state index >= 15 is 0 Å². The molecule has 18 heavy (non-hydrogen) atoms. The van der Waals surface area contributed by atoms with Gasteiger partial charge in [0.25, 0.3) is 0 Å². The van der Waals surface area contributed by atoms with E-state index in [-0.39, 0.29) is 6.04 Å². The van der Waals surface area contributed by atoms with Gasteiger partial charge in [0.1, 0.15) is 5.75 Å². The molecule has 0 aliphatic heterocycles. The Morgan fingerprint density at radius 2 is 2.06 bits per heavy atom. The molecule has 0 saturated heterocycles. The summed E-state index contributed by atoms with van der Waals surface area (Å²) >= 11 is 0. The number of benzene rings is 1. The van der Waals surface area contributed by atoms with Gasteiger partial charge in [0.2, 0.25) is 0 Å². The van der Waals surface area contributed by atoms with Crippen molar-refractivity contribution in [3.8, 4) is 5.75 Å². The highest BCUT2D eigenvalue weighted by atomic mass is 16.5. The minimum absolute atomic E-state index is 0.0470. The van der Waals surface area contributed by atoms with Gasteiger partial charge < -0.3 is 9.47 Å². The predicted molar refractivity (Wildman–Crippen MR) is 73.6 cm³/mol. The standard InChI is InChI=1S/C14H24N2O2/c1-5-18-9-8-13(16-15)12-7-6-10(2)11(3)14(12)17-4/h6-7,13,16H,5,8-9,15H2,1-4H3. The van der Waals surface area contributed by atoms with Gasteiger partial charge in [-0.05, 0) is 38.3 Å². The summed E-state index contributed by atoms with van der Waals surface area (Å²) in [5.41, 5.74) is 6.30. The van der Waals surface area contributed by atoms with Crippen LogP contribution in [0.2, 0.25) is 0 Å². The molecule has 1 aromatic carbocycles. The largest absolute Gasteiger partial charge is 0.496 e. The molecule has 0 amide bonds. The summed E-state index contributed by atoms with van der Waals surface area (Å²) in [5, 5.41) is 0. The SMILES string of the molecule is CCOCCC(NN)c1ccc(C)c(C)c1OC. The number of aryl methyl sites for hydroxylation is 1. The molecular formula is C14H24N2O2. The molecule has 0 radical (unpaired) electrons. The van der Waals surface area contributed by atoms with Crippen molar-refractivity contribution in [1.82, 2.24) is 5.43 Å². The van der Waals surface area contributed by atoms with Crippen molar-refractivity contribution in [2.75, 3.05) is 20.3 Å². The van der Waals surface area contributed by atoms with Crippen LogP contribution in [0.1, 0.15) is 36.1 Å². The maximum atomic E-state index is 5.64. The van der Waals surface area contributed by atoms with Gasteiger partial charge in [0, 0.05) is 18.8 Å². The number of rotatable bonds is 7. The van der Waals surface area contributed by atoms with Gasteiger partial charge in [-0.2, -0.15) is 0 Å². The van der Waals surface area contributed by atoms with Gasteiger partial charge in [-0.1, -0.05) is 12.1 Å². The second-order valence-corrected chi connectivity index (χ2v) is 4.33. The van der Waals surface area contributed by atoms with E-state index in [9.17, 15) is 0 Å². The maximum Gasteiger partial charge on any atom is 0.126 e. The van der Waals surface area contributed by atoms with Gasteiger partial charge in [-0.25, -0.2) is 0 Å². The molecule has 0 aromatic heterocycles. The summed E-state index contributed by atoms with van der Waals surface area (Å²) in [7, 11) is 1.70. The van der Waals surface area contributed by atoms with Crippen LogP contribution in [0.4, 0.5) is 0 Å². The first-order chi connectivity index (χ1) is 8.65. The first-order valence-corrected chi connectivity index (χ1v) is 6.33. The molecule has 0 heterocycles. The third-order valence-corrected chi connectivity index (χ3v) is 3.24. The van der Waals surface area contributed by atoms with E-state index in [1.807, 2.05) is 6.92 Å².